The molecule has 0 amide bonds. The number of methoxy groups -OCH3 is 1. The van der Waals surface area contributed by atoms with Gasteiger partial charge in [0.15, 0.2) is 0 Å². The van der Waals surface area contributed by atoms with Crippen LogP contribution in [0.2, 0.25) is 0 Å². The van der Waals surface area contributed by atoms with Crippen molar-refractivity contribution in [2.75, 3.05) is 11.8 Å². The molecule has 0 radical (unpaired) electrons. The summed E-state index contributed by atoms with van der Waals surface area (Å²) in [5, 5.41) is 0. The van der Waals surface area contributed by atoms with Crippen LogP contribution in [0.4, 0.5) is 18.9 Å². The predicted molar refractivity (Wildman–Crippen MR) is 84.8 cm³/mol. The van der Waals surface area contributed by atoms with E-state index in [1.54, 1.807) is 6.92 Å². The van der Waals surface area contributed by atoms with Gasteiger partial charge in [-0.1, -0.05) is 18.2 Å². The fourth-order valence-electron chi connectivity index (χ4n) is 2.11. The molecular formula is C16H14F3NO4S. The molecule has 0 atom stereocenters. The third-order valence-corrected chi connectivity index (χ3v) is 4.81. The molecule has 25 heavy (non-hydrogen) atoms. The molecule has 2 aromatic carbocycles. The molecule has 0 unspecified atom stereocenters. The lowest BCUT2D eigenvalue weighted by Crippen LogP contribution is -2.19. The van der Waals surface area contributed by atoms with Gasteiger partial charge in [-0.05, 0) is 36.8 Å². The molecule has 0 aliphatic carbocycles. The zero-order valence-corrected chi connectivity index (χ0v) is 14.0. The second-order valence-corrected chi connectivity index (χ2v) is 6.77. The Morgan fingerprint density at radius 1 is 1.12 bits per heavy atom. The quantitative estimate of drug-likeness (QED) is 0.831. The van der Waals surface area contributed by atoms with E-state index >= 15 is 0 Å². The maximum atomic E-state index is 13.1. The zero-order chi connectivity index (χ0) is 18.8. The number of anilines is 1. The van der Waals surface area contributed by atoms with E-state index in [1.807, 2.05) is 0 Å². The standard InChI is InChI=1S/C16H14F3NO4S/c1-10-7-8-11(15(21)24-2)9-13(10)20-25(22,23)14-6-4-3-5-12(14)16(17,18)19/h3-9,20H,1-2H3. The van der Waals surface area contributed by atoms with Crippen molar-refractivity contribution in [1.82, 2.24) is 0 Å². The Balaban J connectivity index is 2.49. The van der Waals surface area contributed by atoms with Gasteiger partial charge in [-0.15, -0.1) is 0 Å². The first-order chi connectivity index (χ1) is 11.6. The van der Waals surface area contributed by atoms with Crippen LogP contribution in [0, 0.1) is 6.92 Å². The third-order valence-electron chi connectivity index (χ3n) is 3.38. The van der Waals surface area contributed by atoms with Crippen LogP contribution in [0.1, 0.15) is 21.5 Å². The van der Waals surface area contributed by atoms with Gasteiger partial charge in [0.1, 0.15) is 0 Å². The van der Waals surface area contributed by atoms with Gasteiger partial charge >= 0.3 is 12.1 Å². The number of aryl methyl sites for hydroxylation is 1. The van der Waals surface area contributed by atoms with Crippen LogP contribution >= 0.6 is 0 Å². The van der Waals surface area contributed by atoms with E-state index in [4.69, 9.17) is 0 Å². The minimum Gasteiger partial charge on any atom is -0.465 e. The average Bonchev–Trinajstić information content (AvgIpc) is 2.55. The number of carbonyl (C=O) groups excluding carboxylic acids is 1. The second kappa shape index (κ2) is 6.75. The summed E-state index contributed by atoms with van der Waals surface area (Å²) < 4.78 is 70.7. The average molecular weight is 373 g/mol. The highest BCUT2D eigenvalue weighted by Crippen LogP contribution is 2.34. The number of hydrogen-bond donors (Lipinski definition) is 1. The Morgan fingerprint density at radius 2 is 1.76 bits per heavy atom. The molecular weight excluding hydrogens is 359 g/mol. The molecule has 0 heterocycles. The number of hydrogen-bond acceptors (Lipinski definition) is 4. The highest BCUT2D eigenvalue weighted by atomic mass is 32.2. The monoisotopic (exact) mass is 373 g/mol. The number of nitrogens with one attached hydrogen (secondary N) is 1. The van der Waals surface area contributed by atoms with Crippen LogP contribution in [-0.2, 0) is 20.9 Å². The van der Waals surface area contributed by atoms with Crippen molar-refractivity contribution in [3.63, 3.8) is 0 Å². The minimum absolute atomic E-state index is 0.0140. The van der Waals surface area contributed by atoms with Gasteiger partial charge in [-0.3, -0.25) is 4.72 Å². The SMILES string of the molecule is COC(=O)c1ccc(C)c(NS(=O)(=O)c2ccccc2C(F)(F)F)c1. The fourth-order valence-corrected chi connectivity index (χ4v) is 3.46. The van der Waals surface area contributed by atoms with Crippen molar-refractivity contribution in [3.05, 3.63) is 59.2 Å². The van der Waals surface area contributed by atoms with E-state index in [0.29, 0.717) is 11.6 Å². The molecule has 0 saturated heterocycles. The Kier molecular flexibility index (Phi) is 5.07. The van der Waals surface area contributed by atoms with E-state index in [2.05, 4.69) is 9.46 Å². The Bertz CT molecular complexity index is 908. The molecule has 0 aliphatic heterocycles. The van der Waals surface area contributed by atoms with Crippen molar-refractivity contribution in [3.8, 4) is 0 Å². The topological polar surface area (TPSA) is 72.5 Å². The first-order valence-electron chi connectivity index (χ1n) is 6.94. The zero-order valence-electron chi connectivity index (χ0n) is 13.2. The van der Waals surface area contributed by atoms with Gasteiger partial charge in [0, 0.05) is 0 Å². The van der Waals surface area contributed by atoms with Gasteiger partial charge in [-0.25, -0.2) is 13.2 Å². The molecule has 9 heteroatoms. The number of ether oxygens (including phenoxy) is 1. The number of benzene rings is 2. The third kappa shape index (κ3) is 4.11. The Hall–Kier alpha value is -2.55. The van der Waals surface area contributed by atoms with Crippen molar-refractivity contribution in [2.45, 2.75) is 18.0 Å². The number of sulfonamides is 1. The van der Waals surface area contributed by atoms with Crippen LogP contribution in [0.25, 0.3) is 0 Å². The first kappa shape index (κ1) is 18.8. The Morgan fingerprint density at radius 3 is 2.36 bits per heavy atom. The molecule has 1 N–H and O–H groups in total. The summed E-state index contributed by atoms with van der Waals surface area (Å²) in [6, 6.07) is 7.93. The van der Waals surface area contributed by atoms with Crippen molar-refractivity contribution in [1.29, 1.82) is 0 Å². The lowest BCUT2D eigenvalue weighted by molar-refractivity contribution is -0.139. The summed E-state index contributed by atoms with van der Waals surface area (Å²) in [5.74, 6) is -0.698. The van der Waals surface area contributed by atoms with E-state index < -0.39 is 32.6 Å². The summed E-state index contributed by atoms with van der Waals surface area (Å²) in [6.07, 6.45) is -4.83. The van der Waals surface area contributed by atoms with Crippen LogP contribution in [0.15, 0.2) is 47.4 Å². The summed E-state index contributed by atoms with van der Waals surface area (Å²) >= 11 is 0. The summed E-state index contributed by atoms with van der Waals surface area (Å²) in [5.41, 5.74) is -0.792. The summed E-state index contributed by atoms with van der Waals surface area (Å²) in [7, 11) is -3.36. The fraction of sp³-hybridized carbons (Fsp3) is 0.188. The number of halogens is 3. The van der Waals surface area contributed by atoms with E-state index in [9.17, 15) is 26.4 Å². The minimum atomic E-state index is -4.83. The van der Waals surface area contributed by atoms with Crippen LogP contribution < -0.4 is 4.72 Å². The molecule has 0 aromatic heterocycles. The van der Waals surface area contributed by atoms with E-state index in [0.717, 1.165) is 19.2 Å². The van der Waals surface area contributed by atoms with E-state index in [1.165, 1.54) is 24.3 Å². The summed E-state index contributed by atoms with van der Waals surface area (Å²) in [4.78, 5) is 10.7. The molecule has 0 fully saturated rings. The molecule has 0 spiro atoms. The van der Waals surface area contributed by atoms with Crippen LogP contribution in [0.5, 0.6) is 0 Å². The number of rotatable bonds is 4. The van der Waals surface area contributed by atoms with Gasteiger partial charge in [0.2, 0.25) is 0 Å². The molecule has 2 rings (SSSR count). The largest absolute Gasteiger partial charge is 0.465 e. The number of alkyl halides is 3. The van der Waals surface area contributed by atoms with Gasteiger partial charge in [-0.2, -0.15) is 13.2 Å². The first-order valence-corrected chi connectivity index (χ1v) is 8.42. The lowest BCUT2D eigenvalue weighted by atomic mass is 10.1. The molecule has 5 nitrogen and oxygen atoms in total. The van der Waals surface area contributed by atoms with Crippen molar-refractivity contribution in [2.24, 2.45) is 0 Å². The predicted octanol–water partition coefficient (Wildman–Crippen LogP) is 3.60. The lowest BCUT2D eigenvalue weighted by Gasteiger charge is -2.15. The molecule has 0 saturated carbocycles. The van der Waals surface area contributed by atoms with Crippen LogP contribution in [-0.4, -0.2) is 21.5 Å². The normalized spacial score (nSPS) is 11.9. The van der Waals surface area contributed by atoms with Crippen LogP contribution in [0.3, 0.4) is 0 Å². The molecule has 2 aromatic rings. The smallest absolute Gasteiger partial charge is 0.417 e. The van der Waals surface area contributed by atoms with Gasteiger partial charge in [0.25, 0.3) is 10.0 Å². The van der Waals surface area contributed by atoms with Gasteiger partial charge < -0.3 is 4.74 Å². The Labute approximate surface area is 142 Å². The number of carbonyl (C=O) groups is 1. The van der Waals surface area contributed by atoms with Crippen molar-refractivity contribution >= 4 is 21.7 Å². The molecule has 134 valence electrons. The second-order valence-electron chi connectivity index (χ2n) is 5.12. The molecule has 0 aliphatic rings. The highest BCUT2D eigenvalue weighted by molar-refractivity contribution is 7.92. The van der Waals surface area contributed by atoms with E-state index in [-0.39, 0.29) is 11.3 Å². The maximum Gasteiger partial charge on any atom is 0.417 e. The molecule has 0 bridgehead atoms. The highest BCUT2D eigenvalue weighted by Gasteiger charge is 2.37. The number of esters is 1. The van der Waals surface area contributed by atoms with Crippen molar-refractivity contribution < 1.29 is 31.1 Å². The maximum absolute atomic E-state index is 13.1. The summed E-state index contributed by atoms with van der Waals surface area (Å²) in [6.45, 7) is 1.55. The van der Waals surface area contributed by atoms with Gasteiger partial charge in [0.05, 0.1) is 28.8 Å².